The number of hydrogen-bond acceptors (Lipinski definition) is 3. The maximum atomic E-state index is 5.58. The molecule has 1 aromatic rings. The van der Waals surface area contributed by atoms with Gasteiger partial charge in [-0.25, -0.2) is 0 Å². The molecule has 0 aromatic carbocycles. The lowest BCUT2D eigenvalue weighted by Gasteiger charge is -2.39. The van der Waals surface area contributed by atoms with E-state index in [1.165, 1.54) is 5.69 Å². The van der Waals surface area contributed by atoms with Gasteiger partial charge in [-0.1, -0.05) is 0 Å². The van der Waals surface area contributed by atoms with Crippen LogP contribution in [-0.2, 0) is 18.2 Å². The summed E-state index contributed by atoms with van der Waals surface area (Å²) in [4.78, 5) is 0. The molecule has 0 bridgehead atoms. The van der Waals surface area contributed by atoms with Crippen LogP contribution in [0.1, 0.15) is 45.0 Å². The van der Waals surface area contributed by atoms with E-state index in [1.807, 2.05) is 11.7 Å². The van der Waals surface area contributed by atoms with Crippen LogP contribution in [0.25, 0.3) is 0 Å². The summed E-state index contributed by atoms with van der Waals surface area (Å²) >= 11 is 0. The van der Waals surface area contributed by atoms with Crippen molar-refractivity contribution in [2.24, 2.45) is 12.5 Å². The molecule has 1 fully saturated rings. The Labute approximate surface area is 122 Å². The van der Waals surface area contributed by atoms with Crippen molar-refractivity contribution < 1.29 is 4.74 Å². The molecule has 0 atom stereocenters. The maximum Gasteiger partial charge on any atom is 0.0596 e. The minimum atomic E-state index is 0.160. The van der Waals surface area contributed by atoms with E-state index in [0.717, 1.165) is 44.7 Å². The van der Waals surface area contributed by atoms with E-state index < -0.39 is 0 Å². The fraction of sp³-hybridized carbons (Fsp3) is 0.812. The lowest BCUT2D eigenvalue weighted by Crippen LogP contribution is -2.47. The molecule has 1 aliphatic heterocycles. The summed E-state index contributed by atoms with van der Waals surface area (Å²) in [5, 5.41) is 8.18. The van der Waals surface area contributed by atoms with Gasteiger partial charge < -0.3 is 10.1 Å². The highest BCUT2D eigenvalue weighted by Crippen LogP contribution is 2.34. The van der Waals surface area contributed by atoms with Crippen LogP contribution in [0.4, 0.5) is 0 Å². The molecule has 1 aromatic heterocycles. The molecular weight excluding hydrogens is 250 g/mol. The van der Waals surface area contributed by atoms with Crippen molar-refractivity contribution in [3.05, 3.63) is 17.5 Å². The van der Waals surface area contributed by atoms with Crippen molar-refractivity contribution in [1.29, 1.82) is 0 Å². The molecule has 2 rings (SSSR count). The van der Waals surface area contributed by atoms with Crippen LogP contribution < -0.4 is 5.32 Å². The average molecular weight is 279 g/mol. The second-order valence-corrected chi connectivity index (χ2v) is 7.29. The number of aryl methyl sites for hydroxylation is 2. The normalized spacial score (nSPS) is 19.2. The van der Waals surface area contributed by atoms with E-state index in [4.69, 9.17) is 4.74 Å². The molecule has 2 heterocycles. The smallest absolute Gasteiger partial charge is 0.0596 e. The largest absolute Gasteiger partial charge is 0.381 e. The van der Waals surface area contributed by atoms with Gasteiger partial charge in [-0.05, 0) is 58.4 Å². The van der Waals surface area contributed by atoms with Gasteiger partial charge in [0.15, 0.2) is 0 Å². The highest BCUT2D eigenvalue weighted by molar-refractivity contribution is 5.11. The maximum absolute atomic E-state index is 5.58. The Bertz CT molecular complexity index is 439. The standard InChI is InChI=1S/C16H29N3O/c1-13-10-14(19(5)18-13)11-16(6-8-20-9-7-16)12-17-15(2,3)4/h10,17H,6-9,11-12H2,1-5H3. The van der Waals surface area contributed by atoms with Crippen LogP contribution in [0, 0.1) is 12.3 Å². The van der Waals surface area contributed by atoms with E-state index in [-0.39, 0.29) is 5.54 Å². The van der Waals surface area contributed by atoms with E-state index in [2.05, 4.69) is 44.2 Å². The first-order valence-corrected chi connectivity index (χ1v) is 7.62. The summed E-state index contributed by atoms with van der Waals surface area (Å²) in [6.45, 7) is 11.6. The second kappa shape index (κ2) is 5.86. The first kappa shape index (κ1) is 15.5. The molecule has 4 heteroatoms. The van der Waals surface area contributed by atoms with Crippen LogP contribution in [0.2, 0.25) is 0 Å². The highest BCUT2D eigenvalue weighted by Gasteiger charge is 2.34. The van der Waals surface area contributed by atoms with E-state index in [9.17, 15) is 0 Å². The summed E-state index contributed by atoms with van der Waals surface area (Å²) in [6.07, 6.45) is 3.33. The van der Waals surface area contributed by atoms with Gasteiger partial charge in [-0.3, -0.25) is 4.68 Å². The van der Waals surface area contributed by atoms with Gasteiger partial charge in [0.2, 0.25) is 0 Å². The average Bonchev–Trinajstić information content (AvgIpc) is 2.66. The zero-order valence-electron chi connectivity index (χ0n) is 13.6. The van der Waals surface area contributed by atoms with E-state index >= 15 is 0 Å². The molecule has 20 heavy (non-hydrogen) atoms. The summed E-state index contributed by atoms with van der Waals surface area (Å²) in [6, 6.07) is 2.22. The highest BCUT2D eigenvalue weighted by atomic mass is 16.5. The van der Waals surface area contributed by atoms with Crippen molar-refractivity contribution in [1.82, 2.24) is 15.1 Å². The minimum Gasteiger partial charge on any atom is -0.381 e. The van der Waals surface area contributed by atoms with Gasteiger partial charge in [0.25, 0.3) is 0 Å². The Morgan fingerprint density at radius 1 is 1.35 bits per heavy atom. The second-order valence-electron chi connectivity index (χ2n) is 7.29. The Kier molecular flexibility index (Phi) is 4.55. The van der Waals surface area contributed by atoms with Crippen molar-refractivity contribution >= 4 is 0 Å². The third-order valence-electron chi connectivity index (χ3n) is 4.20. The Morgan fingerprint density at radius 3 is 2.50 bits per heavy atom. The van der Waals surface area contributed by atoms with Crippen LogP contribution >= 0.6 is 0 Å². The van der Waals surface area contributed by atoms with Gasteiger partial charge in [-0.2, -0.15) is 5.10 Å². The van der Waals surface area contributed by atoms with Crippen LogP contribution in [-0.4, -0.2) is 35.1 Å². The summed E-state index contributed by atoms with van der Waals surface area (Å²) in [5.74, 6) is 0. The molecule has 0 aliphatic carbocycles. The molecule has 1 aliphatic rings. The monoisotopic (exact) mass is 279 g/mol. The zero-order valence-corrected chi connectivity index (χ0v) is 13.6. The van der Waals surface area contributed by atoms with Gasteiger partial charge in [0, 0.05) is 38.0 Å². The van der Waals surface area contributed by atoms with Gasteiger partial charge in [0.05, 0.1) is 5.69 Å². The predicted molar refractivity (Wildman–Crippen MR) is 81.9 cm³/mol. The first-order chi connectivity index (χ1) is 9.30. The molecule has 4 nitrogen and oxygen atoms in total. The SMILES string of the molecule is Cc1cc(CC2(CNC(C)(C)C)CCOCC2)n(C)n1. The molecular formula is C16H29N3O. The fourth-order valence-corrected chi connectivity index (χ4v) is 2.89. The Morgan fingerprint density at radius 2 is 2.00 bits per heavy atom. The number of nitrogens with one attached hydrogen (secondary N) is 1. The molecule has 0 spiro atoms. The fourth-order valence-electron chi connectivity index (χ4n) is 2.89. The van der Waals surface area contributed by atoms with Crippen molar-refractivity contribution in [3.8, 4) is 0 Å². The third kappa shape index (κ3) is 4.06. The van der Waals surface area contributed by atoms with Gasteiger partial charge in [-0.15, -0.1) is 0 Å². The minimum absolute atomic E-state index is 0.160. The summed E-state index contributed by atoms with van der Waals surface area (Å²) in [5.41, 5.74) is 2.90. The molecule has 0 amide bonds. The van der Waals surface area contributed by atoms with Gasteiger partial charge >= 0.3 is 0 Å². The lowest BCUT2D eigenvalue weighted by atomic mass is 9.75. The number of hydrogen-bond donors (Lipinski definition) is 1. The van der Waals surface area contributed by atoms with Crippen molar-refractivity contribution in [3.63, 3.8) is 0 Å². The molecule has 1 saturated heterocycles. The summed E-state index contributed by atoms with van der Waals surface area (Å²) < 4.78 is 7.61. The first-order valence-electron chi connectivity index (χ1n) is 7.62. The van der Waals surface area contributed by atoms with E-state index in [1.54, 1.807) is 0 Å². The summed E-state index contributed by atoms with van der Waals surface area (Å²) in [7, 11) is 2.05. The number of rotatable bonds is 4. The topological polar surface area (TPSA) is 39.1 Å². The Balaban J connectivity index is 2.12. The third-order valence-corrected chi connectivity index (χ3v) is 4.20. The quantitative estimate of drug-likeness (QED) is 0.920. The number of nitrogens with zero attached hydrogens (tertiary/aromatic N) is 2. The zero-order chi connectivity index (χ0) is 14.8. The molecule has 114 valence electrons. The molecule has 0 saturated carbocycles. The van der Waals surface area contributed by atoms with Crippen LogP contribution in [0.3, 0.4) is 0 Å². The number of ether oxygens (including phenoxy) is 1. The van der Waals surface area contributed by atoms with Crippen molar-refractivity contribution in [2.45, 2.75) is 52.5 Å². The molecule has 0 radical (unpaired) electrons. The van der Waals surface area contributed by atoms with Crippen molar-refractivity contribution in [2.75, 3.05) is 19.8 Å². The van der Waals surface area contributed by atoms with Gasteiger partial charge in [0.1, 0.15) is 0 Å². The Hall–Kier alpha value is -0.870. The molecule has 0 unspecified atom stereocenters. The molecule has 1 N–H and O–H groups in total. The van der Waals surface area contributed by atoms with Crippen LogP contribution in [0.5, 0.6) is 0 Å². The van der Waals surface area contributed by atoms with Crippen LogP contribution in [0.15, 0.2) is 6.07 Å². The predicted octanol–water partition coefficient (Wildman–Crippen LogP) is 2.46. The van der Waals surface area contributed by atoms with E-state index in [0.29, 0.717) is 5.41 Å². The number of aromatic nitrogens is 2. The lowest BCUT2D eigenvalue weighted by molar-refractivity contribution is 0.0113.